The average Bonchev–Trinajstić information content (AvgIpc) is 2.62. The maximum absolute atomic E-state index is 12.6. The number of esters is 2. The molecule has 0 heterocycles. The number of ether oxygens (including phenoxy) is 2. The van der Waals surface area contributed by atoms with Crippen molar-refractivity contribution in [3.05, 3.63) is 77.9 Å². The molecule has 24 heavy (non-hydrogen) atoms. The molecule has 4 nitrogen and oxygen atoms in total. The minimum Gasteiger partial charge on any atom is -0.462 e. The van der Waals surface area contributed by atoms with E-state index in [-0.39, 0.29) is 17.9 Å². The summed E-state index contributed by atoms with van der Waals surface area (Å²) in [5.74, 6) is -0.837. The van der Waals surface area contributed by atoms with E-state index in [1.54, 1.807) is 43.3 Å². The van der Waals surface area contributed by atoms with Crippen molar-refractivity contribution in [1.82, 2.24) is 0 Å². The fraction of sp³-hybridized carbons (Fsp3) is 0.100. The number of carbonyl (C=O) groups is 2. The molecule has 0 saturated carbocycles. The topological polar surface area (TPSA) is 52.6 Å². The van der Waals surface area contributed by atoms with Crippen LogP contribution in [0.5, 0.6) is 5.75 Å². The lowest BCUT2D eigenvalue weighted by Crippen LogP contribution is -2.13. The summed E-state index contributed by atoms with van der Waals surface area (Å²) in [4.78, 5) is 24.6. The quantitative estimate of drug-likeness (QED) is 0.533. The molecule has 120 valence electrons. The van der Waals surface area contributed by atoms with Crippen LogP contribution >= 0.6 is 0 Å². The van der Waals surface area contributed by atoms with E-state index in [2.05, 4.69) is 0 Å². The largest absolute Gasteiger partial charge is 0.462 e. The zero-order valence-electron chi connectivity index (χ0n) is 13.2. The van der Waals surface area contributed by atoms with Crippen LogP contribution in [0.2, 0.25) is 0 Å². The molecule has 0 aromatic heterocycles. The zero-order valence-corrected chi connectivity index (χ0v) is 13.2. The molecular formula is C20H16O4. The maximum Gasteiger partial charge on any atom is 0.344 e. The summed E-state index contributed by atoms with van der Waals surface area (Å²) in [5.41, 5.74) is 0.680. The van der Waals surface area contributed by atoms with E-state index in [1.165, 1.54) is 0 Å². The first-order chi connectivity index (χ1) is 11.7. The van der Waals surface area contributed by atoms with E-state index < -0.39 is 11.9 Å². The normalized spacial score (nSPS) is 10.4. The van der Waals surface area contributed by atoms with Crippen LogP contribution in [-0.2, 0) is 4.74 Å². The van der Waals surface area contributed by atoms with E-state index in [0.29, 0.717) is 5.56 Å². The van der Waals surface area contributed by atoms with Gasteiger partial charge in [-0.2, -0.15) is 0 Å². The van der Waals surface area contributed by atoms with Crippen LogP contribution in [0.1, 0.15) is 27.6 Å². The van der Waals surface area contributed by atoms with Crippen molar-refractivity contribution in [3.8, 4) is 5.75 Å². The molecule has 0 unspecified atom stereocenters. The lowest BCUT2D eigenvalue weighted by Gasteiger charge is -2.10. The van der Waals surface area contributed by atoms with Gasteiger partial charge in [-0.1, -0.05) is 48.5 Å². The van der Waals surface area contributed by atoms with Gasteiger partial charge in [-0.05, 0) is 35.9 Å². The number of hydrogen-bond acceptors (Lipinski definition) is 4. The van der Waals surface area contributed by atoms with Crippen LogP contribution < -0.4 is 4.74 Å². The van der Waals surface area contributed by atoms with Crippen molar-refractivity contribution < 1.29 is 19.1 Å². The van der Waals surface area contributed by atoms with Gasteiger partial charge in [0.2, 0.25) is 0 Å². The molecule has 0 fully saturated rings. The number of fused-ring (bicyclic) bond motifs is 1. The Kier molecular flexibility index (Phi) is 4.57. The molecule has 0 aliphatic carbocycles. The van der Waals surface area contributed by atoms with Gasteiger partial charge in [0.15, 0.2) is 0 Å². The summed E-state index contributed by atoms with van der Waals surface area (Å²) >= 11 is 0. The molecule has 3 rings (SSSR count). The highest BCUT2D eigenvalue weighted by atomic mass is 16.5. The molecule has 0 spiro atoms. The Morgan fingerprint density at radius 3 is 2.29 bits per heavy atom. The summed E-state index contributed by atoms with van der Waals surface area (Å²) in [6.07, 6.45) is 0. The predicted molar refractivity (Wildman–Crippen MR) is 91.3 cm³/mol. The van der Waals surface area contributed by atoms with Crippen LogP contribution in [0.25, 0.3) is 10.8 Å². The molecule has 0 atom stereocenters. The van der Waals surface area contributed by atoms with Crippen LogP contribution in [0.3, 0.4) is 0 Å². The number of benzene rings is 3. The average molecular weight is 320 g/mol. The molecular weight excluding hydrogens is 304 g/mol. The van der Waals surface area contributed by atoms with Crippen LogP contribution in [0.15, 0.2) is 66.7 Å². The Labute approximate surface area is 139 Å². The third-order valence-electron chi connectivity index (χ3n) is 3.59. The SMILES string of the molecule is CCOC(=O)c1ccccc1OC(=O)c1cccc2ccccc12. The Morgan fingerprint density at radius 2 is 1.46 bits per heavy atom. The molecule has 0 radical (unpaired) electrons. The highest BCUT2D eigenvalue weighted by Gasteiger charge is 2.18. The second kappa shape index (κ2) is 6.96. The van der Waals surface area contributed by atoms with E-state index in [9.17, 15) is 9.59 Å². The van der Waals surface area contributed by atoms with Gasteiger partial charge in [0.25, 0.3) is 0 Å². The number of hydrogen-bond donors (Lipinski definition) is 0. The lowest BCUT2D eigenvalue weighted by molar-refractivity contribution is 0.0520. The standard InChI is InChI=1S/C20H16O4/c1-2-23-19(21)17-11-5-6-13-18(17)24-20(22)16-12-7-9-14-8-3-4-10-15(14)16/h3-13H,2H2,1H3. The molecule has 0 amide bonds. The number of para-hydroxylation sites is 1. The Hall–Kier alpha value is -3.14. The number of rotatable bonds is 4. The second-order valence-corrected chi connectivity index (χ2v) is 5.13. The van der Waals surface area contributed by atoms with Crippen molar-refractivity contribution in [2.24, 2.45) is 0 Å². The monoisotopic (exact) mass is 320 g/mol. The highest BCUT2D eigenvalue weighted by Crippen LogP contribution is 2.23. The van der Waals surface area contributed by atoms with Crippen LogP contribution in [0.4, 0.5) is 0 Å². The Balaban J connectivity index is 1.94. The second-order valence-electron chi connectivity index (χ2n) is 5.13. The van der Waals surface area contributed by atoms with Crippen molar-refractivity contribution in [2.45, 2.75) is 6.92 Å². The van der Waals surface area contributed by atoms with Crippen LogP contribution in [-0.4, -0.2) is 18.5 Å². The molecule has 3 aromatic carbocycles. The van der Waals surface area contributed by atoms with E-state index in [1.807, 2.05) is 30.3 Å². The summed E-state index contributed by atoms with van der Waals surface area (Å²) < 4.78 is 10.5. The number of carbonyl (C=O) groups excluding carboxylic acids is 2. The molecule has 0 aliphatic heterocycles. The first-order valence-electron chi connectivity index (χ1n) is 7.67. The lowest BCUT2D eigenvalue weighted by atomic mass is 10.0. The summed E-state index contributed by atoms with van der Waals surface area (Å²) in [6.45, 7) is 1.98. The van der Waals surface area contributed by atoms with Crippen molar-refractivity contribution >= 4 is 22.7 Å². The third kappa shape index (κ3) is 3.13. The van der Waals surface area contributed by atoms with Gasteiger partial charge < -0.3 is 9.47 Å². The molecule has 3 aromatic rings. The maximum atomic E-state index is 12.6. The van der Waals surface area contributed by atoms with Crippen molar-refractivity contribution in [1.29, 1.82) is 0 Å². The Morgan fingerprint density at radius 1 is 0.792 bits per heavy atom. The summed E-state index contributed by atoms with van der Waals surface area (Å²) in [5, 5.41) is 1.75. The molecule has 0 bridgehead atoms. The third-order valence-corrected chi connectivity index (χ3v) is 3.59. The zero-order chi connectivity index (χ0) is 16.9. The van der Waals surface area contributed by atoms with Gasteiger partial charge in [-0.3, -0.25) is 0 Å². The van der Waals surface area contributed by atoms with Gasteiger partial charge >= 0.3 is 11.9 Å². The van der Waals surface area contributed by atoms with Crippen molar-refractivity contribution in [2.75, 3.05) is 6.61 Å². The van der Waals surface area contributed by atoms with Gasteiger partial charge in [0.1, 0.15) is 11.3 Å². The van der Waals surface area contributed by atoms with Gasteiger partial charge in [-0.25, -0.2) is 9.59 Å². The molecule has 4 heteroatoms. The van der Waals surface area contributed by atoms with Gasteiger partial charge in [-0.15, -0.1) is 0 Å². The van der Waals surface area contributed by atoms with E-state index in [4.69, 9.17) is 9.47 Å². The van der Waals surface area contributed by atoms with E-state index in [0.717, 1.165) is 10.8 Å². The Bertz CT molecular complexity index is 894. The molecule has 0 N–H and O–H groups in total. The fourth-order valence-electron chi connectivity index (χ4n) is 2.49. The minimum atomic E-state index is -0.515. The highest BCUT2D eigenvalue weighted by molar-refractivity contribution is 6.05. The van der Waals surface area contributed by atoms with E-state index >= 15 is 0 Å². The van der Waals surface area contributed by atoms with Gasteiger partial charge in [0.05, 0.1) is 12.2 Å². The van der Waals surface area contributed by atoms with Crippen LogP contribution in [0, 0.1) is 0 Å². The predicted octanol–water partition coefficient (Wildman–Crippen LogP) is 4.24. The first-order valence-corrected chi connectivity index (χ1v) is 7.67. The minimum absolute atomic E-state index is 0.189. The van der Waals surface area contributed by atoms with Gasteiger partial charge in [0, 0.05) is 0 Å². The first kappa shape index (κ1) is 15.7. The molecule has 0 saturated heterocycles. The summed E-state index contributed by atoms with van der Waals surface area (Å²) in [6, 6.07) is 19.6. The molecule has 0 aliphatic rings. The van der Waals surface area contributed by atoms with Crippen molar-refractivity contribution in [3.63, 3.8) is 0 Å². The summed E-state index contributed by atoms with van der Waals surface area (Å²) in [7, 11) is 0. The fourth-order valence-corrected chi connectivity index (χ4v) is 2.49. The smallest absolute Gasteiger partial charge is 0.344 e.